The van der Waals surface area contributed by atoms with Crippen molar-refractivity contribution in [3.63, 3.8) is 0 Å². The maximum absolute atomic E-state index is 9.18. The van der Waals surface area contributed by atoms with Crippen molar-refractivity contribution in [3.05, 3.63) is 65.7 Å². The summed E-state index contributed by atoms with van der Waals surface area (Å²) in [6, 6.07) is 18.0. The van der Waals surface area contributed by atoms with E-state index in [1.165, 1.54) is 11.1 Å². The topological polar surface area (TPSA) is 42.6 Å². The number of para-hydroxylation sites is 1. The third-order valence-corrected chi connectivity index (χ3v) is 4.39. The van der Waals surface area contributed by atoms with Crippen molar-refractivity contribution in [1.29, 1.82) is 0 Å². The van der Waals surface area contributed by atoms with Crippen LogP contribution in [0, 0.1) is 13.8 Å². The van der Waals surface area contributed by atoms with Gasteiger partial charge in [-0.3, -0.25) is 0 Å². The number of rotatable bonds is 3. The van der Waals surface area contributed by atoms with E-state index in [-0.39, 0.29) is 0 Å². The minimum atomic E-state index is 0.581. The molecule has 1 aromatic heterocycles. The smallest absolute Gasteiger partial charge is 0.537 e. The van der Waals surface area contributed by atoms with Crippen molar-refractivity contribution >= 4 is 29.6 Å². The third-order valence-electron chi connectivity index (χ3n) is 4.39. The molecular formula is C20H16BO3. The first kappa shape index (κ1) is 14.9. The number of fused-ring (bicyclic) bond motifs is 3. The van der Waals surface area contributed by atoms with Gasteiger partial charge in [0.05, 0.1) is 5.39 Å². The van der Waals surface area contributed by atoms with E-state index in [0.717, 1.165) is 33.1 Å². The number of benzene rings is 3. The predicted molar refractivity (Wildman–Crippen MR) is 97.2 cm³/mol. The van der Waals surface area contributed by atoms with Gasteiger partial charge < -0.3 is 14.1 Å². The van der Waals surface area contributed by atoms with Crippen LogP contribution in [0.5, 0.6) is 5.75 Å². The molecule has 0 bridgehead atoms. The predicted octanol–water partition coefficient (Wildman–Crippen LogP) is 4.78. The van der Waals surface area contributed by atoms with E-state index in [4.69, 9.17) is 9.07 Å². The molecule has 0 amide bonds. The Kier molecular flexibility index (Phi) is 3.55. The van der Waals surface area contributed by atoms with Gasteiger partial charge in [0.1, 0.15) is 16.9 Å². The summed E-state index contributed by atoms with van der Waals surface area (Å²) in [5.74, 6) is 0.581. The molecule has 0 aliphatic rings. The van der Waals surface area contributed by atoms with Crippen LogP contribution in [0.25, 0.3) is 33.1 Å². The summed E-state index contributed by atoms with van der Waals surface area (Å²) in [5.41, 5.74) is 6.08. The maximum Gasteiger partial charge on any atom is 0.569 e. The maximum atomic E-state index is 9.18. The van der Waals surface area contributed by atoms with Gasteiger partial charge in [0, 0.05) is 5.39 Å². The molecule has 4 heteroatoms. The Balaban J connectivity index is 2.07. The first-order valence-electron chi connectivity index (χ1n) is 7.83. The third kappa shape index (κ3) is 2.27. The second-order valence-corrected chi connectivity index (χ2v) is 5.94. The molecule has 1 N–H and O–H groups in total. The lowest BCUT2D eigenvalue weighted by atomic mass is 9.94. The van der Waals surface area contributed by atoms with Gasteiger partial charge >= 0.3 is 7.69 Å². The highest BCUT2D eigenvalue weighted by atomic mass is 16.5. The van der Waals surface area contributed by atoms with Gasteiger partial charge in [-0.05, 0) is 54.3 Å². The van der Waals surface area contributed by atoms with Crippen molar-refractivity contribution < 1.29 is 14.1 Å². The molecule has 0 fully saturated rings. The second kappa shape index (κ2) is 5.73. The van der Waals surface area contributed by atoms with Crippen molar-refractivity contribution in [2.24, 2.45) is 0 Å². The van der Waals surface area contributed by atoms with E-state index in [2.05, 4.69) is 26.0 Å². The van der Waals surface area contributed by atoms with Crippen LogP contribution in [0.3, 0.4) is 0 Å². The second-order valence-electron chi connectivity index (χ2n) is 5.94. The molecular weight excluding hydrogens is 299 g/mol. The van der Waals surface area contributed by atoms with Gasteiger partial charge in [0.25, 0.3) is 0 Å². The van der Waals surface area contributed by atoms with Crippen LogP contribution in [0.15, 0.2) is 59.0 Å². The van der Waals surface area contributed by atoms with Crippen LogP contribution in [-0.4, -0.2) is 12.7 Å². The highest BCUT2D eigenvalue weighted by Gasteiger charge is 2.16. The molecule has 0 atom stereocenters. The molecule has 4 aromatic rings. The van der Waals surface area contributed by atoms with E-state index in [1.807, 2.05) is 42.5 Å². The average molecular weight is 315 g/mol. The molecule has 3 aromatic carbocycles. The zero-order chi connectivity index (χ0) is 16.7. The fraction of sp³-hybridized carbons (Fsp3) is 0.100. The highest BCUT2D eigenvalue weighted by Crippen LogP contribution is 2.40. The van der Waals surface area contributed by atoms with Crippen LogP contribution in [0.1, 0.15) is 11.1 Å². The van der Waals surface area contributed by atoms with Crippen molar-refractivity contribution in [1.82, 2.24) is 0 Å². The Hall–Kier alpha value is -2.72. The number of hydrogen-bond donors (Lipinski definition) is 1. The Morgan fingerprint density at radius 1 is 0.917 bits per heavy atom. The Labute approximate surface area is 140 Å². The number of aryl methyl sites for hydroxylation is 2. The lowest BCUT2D eigenvalue weighted by Gasteiger charge is -2.12. The molecule has 24 heavy (non-hydrogen) atoms. The van der Waals surface area contributed by atoms with Gasteiger partial charge in [-0.15, -0.1) is 0 Å². The van der Waals surface area contributed by atoms with Crippen LogP contribution in [-0.2, 0) is 0 Å². The Morgan fingerprint density at radius 2 is 1.67 bits per heavy atom. The standard InChI is InChI=1S/C20H16BO3/c1-12-6-5-7-13(2)19(12)14-10-17-20(18(11-14)24-21-22)15-8-3-4-9-16(15)23-17/h3-11,22H,1-2H3. The van der Waals surface area contributed by atoms with E-state index in [1.54, 1.807) is 0 Å². The Morgan fingerprint density at radius 3 is 2.42 bits per heavy atom. The first-order valence-corrected chi connectivity index (χ1v) is 7.83. The van der Waals surface area contributed by atoms with Crippen LogP contribution in [0.4, 0.5) is 0 Å². The normalized spacial score (nSPS) is 11.1. The number of hydrogen-bond acceptors (Lipinski definition) is 3. The summed E-state index contributed by atoms with van der Waals surface area (Å²) < 4.78 is 11.4. The van der Waals surface area contributed by atoms with Gasteiger partial charge in [0.2, 0.25) is 0 Å². The van der Waals surface area contributed by atoms with Crippen molar-refractivity contribution in [2.75, 3.05) is 0 Å². The molecule has 4 rings (SSSR count). The van der Waals surface area contributed by atoms with Crippen LogP contribution in [0.2, 0.25) is 0 Å². The highest BCUT2D eigenvalue weighted by molar-refractivity contribution is 6.19. The van der Waals surface area contributed by atoms with E-state index in [0.29, 0.717) is 13.4 Å². The van der Waals surface area contributed by atoms with E-state index in [9.17, 15) is 5.02 Å². The molecule has 117 valence electrons. The molecule has 1 heterocycles. The molecule has 0 spiro atoms. The summed E-state index contributed by atoms with van der Waals surface area (Å²) in [6.45, 7) is 4.17. The zero-order valence-electron chi connectivity index (χ0n) is 13.5. The van der Waals surface area contributed by atoms with Gasteiger partial charge in [-0.25, -0.2) is 0 Å². The summed E-state index contributed by atoms with van der Waals surface area (Å²) in [5, 5.41) is 11.0. The van der Waals surface area contributed by atoms with Crippen molar-refractivity contribution in [3.8, 4) is 16.9 Å². The van der Waals surface area contributed by atoms with Crippen LogP contribution >= 0.6 is 0 Å². The van der Waals surface area contributed by atoms with Crippen LogP contribution < -0.4 is 4.65 Å². The number of furan rings is 1. The van der Waals surface area contributed by atoms with Gasteiger partial charge in [-0.1, -0.05) is 36.4 Å². The molecule has 3 nitrogen and oxygen atoms in total. The lowest BCUT2D eigenvalue weighted by Crippen LogP contribution is -2.00. The van der Waals surface area contributed by atoms with E-state index >= 15 is 0 Å². The first-order chi connectivity index (χ1) is 11.7. The summed E-state index contributed by atoms with van der Waals surface area (Å²) in [6.07, 6.45) is 0. The monoisotopic (exact) mass is 315 g/mol. The summed E-state index contributed by atoms with van der Waals surface area (Å²) in [4.78, 5) is 0. The zero-order valence-corrected chi connectivity index (χ0v) is 13.5. The summed E-state index contributed by atoms with van der Waals surface area (Å²) >= 11 is 0. The summed E-state index contributed by atoms with van der Waals surface area (Å²) in [7, 11) is 0.713. The Bertz CT molecular complexity index is 1030. The van der Waals surface area contributed by atoms with E-state index < -0.39 is 0 Å². The lowest BCUT2D eigenvalue weighted by molar-refractivity contribution is 0.457. The average Bonchev–Trinajstić information content (AvgIpc) is 2.93. The molecule has 0 aliphatic heterocycles. The molecule has 0 saturated carbocycles. The minimum absolute atomic E-state index is 0.581. The quantitative estimate of drug-likeness (QED) is 0.554. The molecule has 0 saturated heterocycles. The molecule has 0 unspecified atom stereocenters. The molecule has 0 aliphatic carbocycles. The molecule has 1 radical (unpaired) electrons. The largest absolute Gasteiger partial charge is 0.569 e. The fourth-order valence-corrected chi connectivity index (χ4v) is 3.38. The van der Waals surface area contributed by atoms with Gasteiger partial charge in [-0.2, -0.15) is 0 Å². The van der Waals surface area contributed by atoms with Crippen molar-refractivity contribution in [2.45, 2.75) is 13.8 Å². The van der Waals surface area contributed by atoms with Gasteiger partial charge in [0.15, 0.2) is 0 Å². The SMILES string of the molecule is Cc1cccc(C)c1-c1cc(O[B]O)c2c(c1)oc1ccccc12. The fourth-order valence-electron chi connectivity index (χ4n) is 3.38. The minimum Gasteiger partial charge on any atom is -0.537 e.